The zero-order chi connectivity index (χ0) is 85.5. The first-order chi connectivity index (χ1) is 56.5. The summed E-state index contributed by atoms with van der Waals surface area (Å²) >= 11 is 0.867. The van der Waals surface area contributed by atoms with Gasteiger partial charge in [0.1, 0.15) is 66.5 Å². The van der Waals surface area contributed by atoms with Crippen LogP contribution in [0.1, 0.15) is 101 Å². The Labute approximate surface area is 686 Å². The molecule has 0 radical (unpaired) electrons. The smallest absolute Gasteiger partial charge is 0.245 e. The second kappa shape index (κ2) is 45.2. The van der Waals surface area contributed by atoms with Crippen molar-refractivity contribution < 1.29 is 72.2 Å². The van der Waals surface area contributed by atoms with Gasteiger partial charge in [-0.1, -0.05) is 143 Å². The minimum Gasteiger partial charge on any atom is -0.394 e. The fourth-order valence-electron chi connectivity index (χ4n) is 13.5. The van der Waals surface area contributed by atoms with Gasteiger partial charge in [0.25, 0.3) is 0 Å². The molecule has 1 saturated heterocycles. The molecule has 632 valence electrons. The molecule has 3 heterocycles. The predicted octanol–water partition coefficient (Wildman–Crippen LogP) is -0.894. The number of aliphatic hydroxyl groups is 1. The Kier molecular flexibility index (Phi) is 34.9. The number of primary amides is 2. The number of aromatic nitrogens is 2. The molecule has 0 aliphatic carbocycles. The van der Waals surface area contributed by atoms with Gasteiger partial charge in [0, 0.05) is 65.8 Å². The topological polar surface area (TPSA) is 575 Å². The zero-order valence-electron chi connectivity index (χ0n) is 66.3. The molecule has 0 spiro atoms. The average Bonchev–Trinajstić information content (AvgIpc) is 1.67. The van der Waals surface area contributed by atoms with Crippen molar-refractivity contribution in [1.82, 2.24) is 79.1 Å². The maximum Gasteiger partial charge on any atom is 0.245 e. The second-order valence-electron chi connectivity index (χ2n) is 29.6. The van der Waals surface area contributed by atoms with Gasteiger partial charge in [-0.25, -0.2) is 0 Å². The molecule has 36 heteroatoms. The summed E-state index contributed by atoms with van der Waals surface area (Å²) in [6.45, 7) is 4.81. The third-order valence-corrected chi connectivity index (χ3v) is 21.3. The molecule has 118 heavy (non-hydrogen) atoms. The largest absolute Gasteiger partial charge is 0.394 e. The number of nitrogens with two attached hydrogens (primary N) is 4. The Bertz CT molecular complexity index is 4710. The predicted molar refractivity (Wildman–Crippen MR) is 444 cm³/mol. The van der Waals surface area contributed by atoms with Crippen LogP contribution < -0.4 is 92.1 Å². The number of H-pyrrole nitrogens is 2. The van der Waals surface area contributed by atoms with E-state index in [1.165, 1.54) is 0 Å². The molecule has 5 aromatic carbocycles. The van der Waals surface area contributed by atoms with E-state index in [4.69, 9.17) is 28.3 Å². The van der Waals surface area contributed by atoms with Gasteiger partial charge in [-0.05, 0) is 108 Å². The van der Waals surface area contributed by atoms with E-state index in [0.29, 0.717) is 44.9 Å². The van der Waals surface area contributed by atoms with Crippen molar-refractivity contribution in [3.8, 4) is 0 Å². The Morgan fingerprint density at radius 1 is 0.500 bits per heavy atom. The minimum atomic E-state index is -1.87. The van der Waals surface area contributed by atoms with Crippen LogP contribution in [0.5, 0.6) is 0 Å². The highest BCUT2D eigenvalue weighted by Crippen LogP contribution is 2.24. The van der Waals surface area contributed by atoms with Gasteiger partial charge in [-0.3, -0.25) is 72.5 Å². The number of aliphatic hydroxyl groups excluding tert-OH is 1. The number of para-hydroxylation sites is 2. The van der Waals surface area contributed by atoms with Gasteiger partial charge < -0.3 is 107 Å². The van der Waals surface area contributed by atoms with E-state index >= 15 is 19.2 Å². The Morgan fingerprint density at radius 3 is 1.58 bits per heavy atom. The van der Waals surface area contributed by atoms with Crippen molar-refractivity contribution in [2.24, 2.45) is 34.8 Å². The molecule has 12 atom stereocenters. The number of aryl methyl sites for hydroxylation is 1. The first kappa shape index (κ1) is 91.1. The number of carbonyl (C=O) groups excluding carboxylic acids is 14. The number of aromatic amines is 2. The molecule has 25 N–H and O–H groups in total. The summed E-state index contributed by atoms with van der Waals surface area (Å²) in [5.74, 6) is -16.1. The van der Waals surface area contributed by atoms with Gasteiger partial charge in [0.2, 0.25) is 82.7 Å². The first-order valence-corrected chi connectivity index (χ1v) is 40.4. The molecule has 2 aromatic heterocycles. The molecule has 0 unspecified atom stereocenters. The van der Waals surface area contributed by atoms with Gasteiger partial charge >= 0.3 is 0 Å². The lowest BCUT2D eigenvalue weighted by Crippen LogP contribution is -2.61. The lowest BCUT2D eigenvalue weighted by Gasteiger charge is -2.29. The van der Waals surface area contributed by atoms with Crippen molar-refractivity contribution >= 4 is 133 Å². The van der Waals surface area contributed by atoms with Crippen LogP contribution in [0.15, 0.2) is 134 Å². The van der Waals surface area contributed by atoms with Crippen LogP contribution in [0, 0.1) is 17.2 Å². The summed E-state index contributed by atoms with van der Waals surface area (Å²) in [4.78, 5) is 209. The normalized spacial score (nSPS) is 22.5. The van der Waals surface area contributed by atoms with E-state index in [9.17, 15) is 53.1 Å². The molecule has 1 aliphatic rings. The summed E-state index contributed by atoms with van der Waals surface area (Å²) in [6.07, 6.45) is 2.51. The van der Waals surface area contributed by atoms with E-state index in [-0.39, 0.29) is 83.1 Å². The molecule has 8 rings (SSSR count). The third kappa shape index (κ3) is 27.4. The van der Waals surface area contributed by atoms with Crippen LogP contribution in [0.4, 0.5) is 0 Å². The van der Waals surface area contributed by atoms with Crippen LogP contribution in [0.25, 0.3) is 32.6 Å². The molecule has 1 fully saturated rings. The molecule has 1 aliphatic heterocycles. The van der Waals surface area contributed by atoms with Crippen molar-refractivity contribution in [1.29, 1.82) is 5.41 Å². The van der Waals surface area contributed by atoms with Gasteiger partial charge in [-0.2, -0.15) is 0 Å². The Hall–Kier alpha value is -12.4. The van der Waals surface area contributed by atoms with Crippen molar-refractivity contribution in [3.05, 3.63) is 156 Å². The minimum absolute atomic E-state index is 0.0155. The summed E-state index contributed by atoms with van der Waals surface area (Å²) in [5, 5.41) is 55.5. The SMILES string of the molecule is CC[C@H](C)[C@@H]1NC(=O)[C@H](Cc2ccc3ccccc3c2)NC(=O)CSC[C@@H](C(N)=O)NC(=O)[C@H](CCc2ccccc2)NC(=O)[C@H](Cc2c[nH]c3ccccc23)NC(=O)[C@H](CCCCN)NC(=O)[C@H](C(C)C)NC(=O)[C@H](Cc2c[nH]c3ccccc23)NC(=O)[C@H](CC(N)=O)NC(=O)[C@H](CCCNC(=N)N)NC(=O)CNC(=O)[C@H](CO)NC1=O. The molecule has 35 nitrogen and oxygen atoms in total. The summed E-state index contributed by atoms with van der Waals surface area (Å²) in [6, 6.07) is 19.0. The molecule has 14 amide bonds. The van der Waals surface area contributed by atoms with Crippen LogP contribution >= 0.6 is 11.8 Å². The van der Waals surface area contributed by atoms with Gasteiger partial charge in [0.15, 0.2) is 5.96 Å². The standard InChI is InChI=1S/C82H108N20O15S/c1-5-46(4)70-81(117)99-64(42-103)72(108)91-41-67(105)92-57(27-17-33-88-82(86)87)73(109)98-63(38-66(84)104)77(113)97-62(37-52-40-90-56-25-14-12-23-54(52)56)79(115)101-69(45(2)3)80(116)95-58(26-15-16-32-83)74(110)96-61(36-51-39-89-55-24-13-11-22-53(51)55)76(112)94-59(31-29-47-18-7-6-8-19-47)75(111)100-65(71(85)107)43-118-44-68(106)93-60(78(114)102-70)35-48-28-30-49-20-9-10-21-50(49)34-48/h6-14,18-25,28,30,34,39-40,45-46,57-65,69-70,89-90,103H,5,15-17,26-27,29,31-33,35-38,41-44,83H2,1-4H3,(H2,84,104)(H2,85,107)(H,91,108)(H,92,105)(H,93,106)(H,94,112)(H,95,116)(H,96,110)(H,97,113)(H,98,109)(H,99,117)(H,100,111)(H,101,115)(H,102,114)(H4,86,87,88)/t46-,57-,58-,59-,60-,61-,62-,63-,64-,65-,69-,70-/m0/s1. The van der Waals surface area contributed by atoms with Crippen LogP contribution in [0.3, 0.4) is 0 Å². The number of amides is 14. The number of hydrogen-bond acceptors (Lipinski definition) is 18. The van der Waals surface area contributed by atoms with Crippen molar-refractivity contribution in [2.75, 3.05) is 37.7 Å². The van der Waals surface area contributed by atoms with Crippen molar-refractivity contribution in [2.45, 2.75) is 171 Å². The lowest BCUT2D eigenvalue weighted by atomic mass is 9.96. The molecular formula is C82H108N20O15S. The van der Waals surface area contributed by atoms with Crippen LogP contribution in [0.2, 0.25) is 0 Å². The van der Waals surface area contributed by atoms with E-state index in [0.717, 1.165) is 28.1 Å². The summed E-state index contributed by atoms with van der Waals surface area (Å²) in [5.41, 5.74) is 26.9. The Balaban J connectivity index is 1.17. The molecule has 7 aromatic rings. The number of nitrogens with one attached hydrogen (secondary N) is 16. The van der Waals surface area contributed by atoms with Gasteiger partial charge in [-0.15, -0.1) is 11.8 Å². The highest BCUT2D eigenvalue weighted by atomic mass is 32.2. The number of guanidine groups is 1. The third-order valence-electron chi connectivity index (χ3n) is 20.3. The van der Waals surface area contributed by atoms with Crippen LogP contribution in [-0.4, -0.2) is 208 Å². The van der Waals surface area contributed by atoms with E-state index < -0.39 is 192 Å². The van der Waals surface area contributed by atoms with Gasteiger partial charge in [0.05, 0.1) is 25.3 Å². The zero-order valence-corrected chi connectivity index (χ0v) is 67.1. The van der Waals surface area contributed by atoms with Crippen molar-refractivity contribution in [3.63, 3.8) is 0 Å². The average molecular weight is 1650 g/mol. The number of carbonyl (C=O) groups is 14. The molecule has 0 saturated carbocycles. The fraction of sp³-hybridized carbons (Fsp3) is 0.427. The Morgan fingerprint density at radius 2 is 0.992 bits per heavy atom. The van der Waals surface area contributed by atoms with E-state index in [1.807, 2.05) is 54.6 Å². The highest BCUT2D eigenvalue weighted by Gasteiger charge is 2.39. The first-order valence-electron chi connectivity index (χ1n) is 39.3. The summed E-state index contributed by atoms with van der Waals surface area (Å²) < 4.78 is 0. The molecular weight excluding hydrogens is 1540 g/mol. The maximum absolute atomic E-state index is 15.3. The number of hydrogen-bond donors (Lipinski definition) is 21. The number of rotatable bonds is 24. The summed E-state index contributed by atoms with van der Waals surface area (Å²) in [7, 11) is 0. The fourth-order valence-corrected chi connectivity index (χ4v) is 14.4. The van der Waals surface area contributed by atoms with Crippen LogP contribution in [-0.2, 0) is 92.8 Å². The molecule has 0 bridgehead atoms. The van der Waals surface area contributed by atoms with E-state index in [1.54, 1.807) is 107 Å². The monoisotopic (exact) mass is 1640 g/mol. The second-order valence-corrected chi connectivity index (χ2v) is 30.6. The van der Waals surface area contributed by atoms with E-state index in [2.05, 4.69) is 79.1 Å². The quantitative estimate of drug-likeness (QED) is 0.0198. The number of fused-ring (bicyclic) bond motifs is 3. The number of thioether (sulfide) groups is 1. The lowest BCUT2D eigenvalue weighted by molar-refractivity contribution is -0.137. The number of unbranched alkanes of at least 4 members (excludes halogenated alkanes) is 1. The number of benzene rings is 5. The highest BCUT2D eigenvalue weighted by molar-refractivity contribution is 8.00. The maximum atomic E-state index is 15.3.